The Morgan fingerprint density at radius 1 is 1.10 bits per heavy atom. The first-order chi connectivity index (χ1) is 18.6. The van der Waals surface area contributed by atoms with Crippen molar-refractivity contribution in [3.8, 4) is 23.0 Å². The lowest BCUT2D eigenvalue weighted by atomic mass is 10.2. The molecule has 10 nitrogen and oxygen atoms in total. The summed E-state index contributed by atoms with van der Waals surface area (Å²) in [7, 11) is 0. The van der Waals surface area contributed by atoms with Gasteiger partial charge in [0, 0.05) is 5.56 Å². The molecule has 39 heavy (non-hydrogen) atoms. The third-order valence-electron chi connectivity index (χ3n) is 5.67. The highest BCUT2D eigenvalue weighted by atomic mass is 19.3. The Morgan fingerprint density at radius 3 is 2.51 bits per heavy atom. The predicted molar refractivity (Wildman–Crippen MR) is 135 cm³/mol. The zero-order valence-corrected chi connectivity index (χ0v) is 21.8. The van der Waals surface area contributed by atoms with E-state index in [2.05, 4.69) is 20.0 Å². The summed E-state index contributed by atoms with van der Waals surface area (Å²) in [5, 5.41) is 2.70. The van der Waals surface area contributed by atoms with Gasteiger partial charge in [-0.25, -0.2) is 14.8 Å². The number of carbonyl (C=O) groups is 2. The lowest BCUT2D eigenvalue weighted by Crippen LogP contribution is -2.26. The largest absolute Gasteiger partial charge is 0.489 e. The highest BCUT2D eigenvalue weighted by molar-refractivity contribution is 5.94. The Morgan fingerprint density at radius 2 is 1.85 bits per heavy atom. The van der Waals surface area contributed by atoms with E-state index < -0.39 is 24.5 Å². The highest BCUT2D eigenvalue weighted by Gasteiger charge is 2.24. The second-order valence-electron chi connectivity index (χ2n) is 9.46. The minimum Gasteiger partial charge on any atom is -0.489 e. The van der Waals surface area contributed by atoms with Crippen LogP contribution in [0.5, 0.6) is 11.5 Å². The highest BCUT2D eigenvalue weighted by Crippen LogP contribution is 2.37. The molecule has 0 spiro atoms. The van der Waals surface area contributed by atoms with Gasteiger partial charge in [-0.15, -0.1) is 0 Å². The van der Waals surface area contributed by atoms with Crippen molar-refractivity contribution in [2.24, 2.45) is 11.7 Å². The molecule has 3 N–H and O–H groups in total. The van der Waals surface area contributed by atoms with E-state index in [9.17, 15) is 18.4 Å². The van der Waals surface area contributed by atoms with Crippen LogP contribution in [-0.4, -0.2) is 41.2 Å². The third kappa shape index (κ3) is 7.50. The Kier molecular flexibility index (Phi) is 8.75. The summed E-state index contributed by atoms with van der Waals surface area (Å²) in [6.45, 7) is 2.47. The first-order valence-electron chi connectivity index (χ1n) is 12.5. The maximum absolute atomic E-state index is 12.9. The van der Waals surface area contributed by atoms with E-state index in [1.807, 2.05) is 0 Å². The molecule has 2 aromatic heterocycles. The maximum atomic E-state index is 12.9. The number of aromatic nitrogens is 2. The molecule has 0 saturated heterocycles. The fourth-order valence-corrected chi connectivity index (χ4v) is 3.61. The lowest BCUT2D eigenvalue weighted by Gasteiger charge is -2.12. The minimum absolute atomic E-state index is 0.00955. The van der Waals surface area contributed by atoms with E-state index in [4.69, 9.17) is 19.6 Å². The number of esters is 1. The van der Waals surface area contributed by atoms with E-state index >= 15 is 0 Å². The van der Waals surface area contributed by atoms with Gasteiger partial charge in [0.25, 0.3) is 5.91 Å². The normalized spacial score (nSPS) is 13.8. The number of ether oxygens (including phenoxy) is 3. The summed E-state index contributed by atoms with van der Waals surface area (Å²) in [6.07, 6.45) is 1.72. The second-order valence-corrected chi connectivity index (χ2v) is 9.46. The van der Waals surface area contributed by atoms with Crippen molar-refractivity contribution in [1.29, 1.82) is 0 Å². The molecule has 208 valence electrons. The SMILES string of the molecule is CC(C)OC(=O)c1cccc(C(=O)NCc2nc(-c3ccc(OC(F)F)c(OCC4CC4)c3)oc2C(C)N)n1. The van der Waals surface area contributed by atoms with Crippen molar-refractivity contribution in [2.75, 3.05) is 6.61 Å². The molecule has 1 saturated carbocycles. The average Bonchev–Trinajstić information content (AvgIpc) is 3.62. The van der Waals surface area contributed by atoms with Crippen LogP contribution in [0.1, 0.15) is 72.1 Å². The van der Waals surface area contributed by atoms with Gasteiger partial charge in [0.05, 0.1) is 25.3 Å². The number of nitrogens with one attached hydrogen (secondary N) is 1. The van der Waals surface area contributed by atoms with E-state index in [0.717, 1.165) is 12.8 Å². The zero-order chi connectivity index (χ0) is 28.1. The molecule has 1 unspecified atom stereocenters. The topological polar surface area (TPSA) is 139 Å². The number of rotatable bonds is 12. The fraction of sp³-hybridized carbons (Fsp3) is 0.407. The molecule has 0 radical (unpaired) electrons. The smallest absolute Gasteiger partial charge is 0.387 e. The maximum Gasteiger partial charge on any atom is 0.387 e. The van der Waals surface area contributed by atoms with E-state index in [1.165, 1.54) is 36.4 Å². The van der Waals surface area contributed by atoms with Gasteiger partial charge in [0.1, 0.15) is 22.8 Å². The molecule has 1 aliphatic carbocycles. The van der Waals surface area contributed by atoms with Crippen LogP contribution in [0.4, 0.5) is 8.78 Å². The molecule has 4 rings (SSSR count). The molecule has 1 amide bonds. The Bertz CT molecular complexity index is 1320. The third-order valence-corrected chi connectivity index (χ3v) is 5.67. The monoisotopic (exact) mass is 544 g/mol. The number of pyridine rings is 1. The van der Waals surface area contributed by atoms with Crippen LogP contribution >= 0.6 is 0 Å². The summed E-state index contributed by atoms with van der Waals surface area (Å²) in [5.41, 5.74) is 6.93. The molecule has 0 bridgehead atoms. The van der Waals surface area contributed by atoms with Gasteiger partial charge in [-0.2, -0.15) is 8.78 Å². The zero-order valence-electron chi connectivity index (χ0n) is 21.8. The summed E-state index contributed by atoms with van der Waals surface area (Å²) < 4.78 is 47.1. The van der Waals surface area contributed by atoms with Crippen LogP contribution in [0.15, 0.2) is 40.8 Å². The van der Waals surface area contributed by atoms with E-state index in [0.29, 0.717) is 29.5 Å². The van der Waals surface area contributed by atoms with Crippen LogP contribution in [0, 0.1) is 5.92 Å². The molecule has 1 aromatic carbocycles. The van der Waals surface area contributed by atoms with Gasteiger partial charge in [-0.1, -0.05) is 6.07 Å². The number of alkyl halides is 2. The Hall–Kier alpha value is -4.06. The van der Waals surface area contributed by atoms with E-state index in [-0.39, 0.29) is 41.4 Å². The summed E-state index contributed by atoms with van der Waals surface area (Å²) in [6, 6.07) is 8.30. The van der Waals surface area contributed by atoms with Gasteiger partial charge in [0.2, 0.25) is 5.89 Å². The van der Waals surface area contributed by atoms with Crippen molar-refractivity contribution < 1.29 is 37.0 Å². The van der Waals surface area contributed by atoms with E-state index in [1.54, 1.807) is 20.8 Å². The number of nitrogens with two attached hydrogens (primary N) is 1. The van der Waals surface area contributed by atoms with Crippen LogP contribution in [0.3, 0.4) is 0 Å². The number of benzene rings is 1. The molecule has 12 heteroatoms. The molecule has 2 heterocycles. The predicted octanol–water partition coefficient (Wildman–Crippen LogP) is 4.64. The van der Waals surface area contributed by atoms with Crippen molar-refractivity contribution in [3.63, 3.8) is 0 Å². The Labute approximate surface area is 223 Å². The molecular formula is C27H30F2N4O6. The quantitative estimate of drug-likeness (QED) is 0.312. The summed E-state index contributed by atoms with van der Waals surface area (Å²) in [5.74, 6) is -0.219. The average molecular weight is 545 g/mol. The van der Waals surface area contributed by atoms with Gasteiger partial charge in [-0.3, -0.25) is 4.79 Å². The van der Waals surface area contributed by atoms with Crippen molar-refractivity contribution in [3.05, 3.63) is 59.2 Å². The number of carbonyl (C=O) groups excluding carboxylic acids is 2. The molecule has 3 aromatic rings. The molecular weight excluding hydrogens is 514 g/mol. The molecule has 1 fully saturated rings. The van der Waals surface area contributed by atoms with Crippen LogP contribution in [0.2, 0.25) is 0 Å². The van der Waals surface area contributed by atoms with Crippen molar-refractivity contribution in [2.45, 2.75) is 58.9 Å². The lowest BCUT2D eigenvalue weighted by molar-refractivity contribution is -0.0515. The minimum atomic E-state index is -3.00. The number of hydrogen-bond acceptors (Lipinski definition) is 9. The number of amides is 1. The van der Waals surface area contributed by atoms with Crippen LogP contribution in [0.25, 0.3) is 11.5 Å². The summed E-state index contributed by atoms with van der Waals surface area (Å²) >= 11 is 0. The summed E-state index contributed by atoms with van der Waals surface area (Å²) in [4.78, 5) is 33.5. The van der Waals surface area contributed by atoms with Crippen LogP contribution in [-0.2, 0) is 11.3 Å². The van der Waals surface area contributed by atoms with Gasteiger partial charge in [0.15, 0.2) is 11.5 Å². The van der Waals surface area contributed by atoms with Gasteiger partial charge < -0.3 is 29.7 Å². The standard InChI is InChI=1S/C27H30F2N4O6/c1-14(2)37-26(35)19-6-4-5-18(32-19)24(34)31-12-20-23(15(3)30)39-25(33-20)17-9-10-21(38-27(28)29)22(11-17)36-13-16-7-8-16/h4-6,9-11,14-16,27H,7-8,12-13,30H2,1-3H3,(H,31,34). The van der Waals surface area contributed by atoms with Crippen LogP contribution < -0.4 is 20.5 Å². The number of halogens is 2. The molecule has 1 atom stereocenters. The van der Waals surface area contributed by atoms with Gasteiger partial charge in [-0.05, 0) is 69.9 Å². The first-order valence-corrected chi connectivity index (χ1v) is 12.5. The Balaban J connectivity index is 1.52. The first kappa shape index (κ1) is 28.0. The van der Waals surface area contributed by atoms with Gasteiger partial charge >= 0.3 is 12.6 Å². The molecule has 0 aliphatic heterocycles. The van der Waals surface area contributed by atoms with Crippen molar-refractivity contribution in [1.82, 2.24) is 15.3 Å². The van der Waals surface area contributed by atoms with Crippen molar-refractivity contribution >= 4 is 11.9 Å². The second kappa shape index (κ2) is 12.2. The number of hydrogen-bond donors (Lipinski definition) is 2. The fourth-order valence-electron chi connectivity index (χ4n) is 3.61. The number of oxazole rings is 1. The number of nitrogens with zero attached hydrogens (tertiary/aromatic N) is 2. The molecule has 1 aliphatic rings.